The Morgan fingerprint density at radius 1 is 0.906 bits per heavy atom. The summed E-state index contributed by atoms with van der Waals surface area (Å²) >= 11 is 0. The van der Waals surface area contributed by atoms with Gasteiger partial charge in [0, 0.05) is 37.4 Å². The number of benzene rings is 1. The summed E-state index contributed by atoms with van der Waals surface area (Å²) in [6, 6.07) is 10.3. The third kappa shape index (κ3) is 3.45. The maximum Gasteiger partial charge on any atom is 0.353 e. The van der Waals surface area contributed by atoms with E-state index < -0.39 is 0 Å². The van der Waals surface area contributed by atoms with Crippen LogP contribution in [0.4, 0.5) is 23.0 Å². The molecule has 0 atom stereocenters. The van der Waals surface area contributed by atoms with Crippen LogP contribution in [0.1, 0.15) is 38.5 Å². The Hall–Kier alpha value is -2.90. The van der Waals surface area contributed by atoms with Crippen molar-refractivity contribution < 1.29 is 4.92 Å². The van der Waals surface area contributed by atoms with E-state index in [1.165, 1.54) is 31.3 Å². The maximum atomic E-state index is 12.2. The highest BCUT2D eigenvalue weighted by molar-refractivity contribution is 5.71. The molecule has 1 N–H and O–H groups in total. The van der Waals surface area contributed by atoms with Crippen LogP contribution in [0.5, 0.6) is 0 Å². The second-order valence-electron chi connectivity index (χ2n) is 10.3. The van der Waals surface area contributed by atoms with Crippen molar-refractivity contribution in [1.82, 2.24) is 9.97 Å². The number of nitrogens with one attached hydrogen (secondary N) is 1. The number of anilines is 3. The van der Waals surface area contributed by atoms with Gasteiger partial charge >= 0.3 is 5.69 Å². The number of para-hydroxylation sites is 1. The average Bonchev–Trinajstić information content (AvgIpc) is 2.78. The van der Waals surface area contributed by atoms with Gasteiger partial charge in [0.15, 0.2) is 0 Å². The molecule has 1 aromatic heterocycles. The molecule has 7 rings (SSSR count). The third-order valence-corrected chi connectivity index (χ3v) is 8.11. The molecule has 168 valence electrons. The standard InChI is InChI=1S/C24H30N6O2/c31-30(32)21-22(27-24-13-17-10-18(14-24)12-19(11-17)15-24)25-16-26-23(21)29-8-6-28(7-9-29)20-4-2-1-3-5-20/h1-5,16-19H,6-15H2,(H,25,26,27). The lowest BCUT2D eigenvalue weighted by molar-refractivity contribution is -0.383. The number of nitrogens with zero attached hydrogens (tertiary/aromatic N) is 5. The van der Waals surface area contributed by atoms with Crippen LogP contribution >= 0.6 is 0 Å². The quantitative estimate of drug-likeness (QED) is 0.560. The van der Waals surface area contributed by atoms with Gasteiger partial charge in [-0.1, -0.05) is 18.2 Å². The van der Waals surface area contributed by atoms with Gasteiger partial charge in [-0.05, 0) is 68.4 Å². The average molecular weight is 435 g/mol. The Morgan fingerprint density at radius 2 is 1.50 bits per heavy atom. The lowest BCUT2D eigenvalue weighted by Crippen LogP contribution is -2.55. The van der Waals surface area contributed by atoms with Gasteiger partial charge in [-0.3, -0.25) is 10.1 Å². The predicted octanol–water partition coefficient (Wildman–Crippen LogP) is 4.09. The fourth-order valence-electron chi connectivity index (χ4n) is 7.19. The molecular weight excluding hydrogens is 404 g/mol. The molecular formula is C24H30N6O2. The van der Waals surface area contributed by atoms with E-state index >= 15 is 0 Å². The monoisotopic (exact) mass is 434 g/mol. The van der Waals surface area contributed by atoms with Gasteiger partial charge in [-0.25, -0.2) is 9.97 Å². The molecule has 1 aromatic carbocycles. The molecule has 0 amide bonds. The van der Waals surface area contributed by atoms with Crippen LogP contribution in [-0.4, -0.2) is 46.6 Å². The van der Waals surface area contributed by atoms with E-state index in [4.69, 9.17) is 0 Å². The van der Waals surface area contributed by atoms with E-state index in [2.05, 4.69) is 32.3 Å². The van der Waals surface area contributed by atoms with E-state index in [0.717, 1.165) is 50.1 Å². The lowest BCUT2D eigenvalue weighted by Gasteiger charge is -2.57. The normalized spacial score (nSPS) is 31.1. The zero-order valence-corrected chi connectivity index (χ0v) is 18.3. The second kappa shape index (κ2) is 7.60. The van der Waals surface area contributed by atoms with Crippen LogP contribution in [0.2, 0.25) is 0 Å². The molecule has 0 unspecified atom stereocenters. The fraction of sp³-hybridized carbons (Fsp3) is 0.583. The predicted molar refractivity (Wildman–Crippen MR) is 124 cm³/mol. The minimum absolute atomic E-state index is 0.0306. The highest BCUT2D eigenvalue weighted by Crippen LogP contribution is 2.57. The van der Waals surface area contributed by atoms with Gasteiger partial charge in [0.25, 0.3) is 0 Å². The number of aromatic nitrogens is 2. The fourth-order valence-corrected chi connectivity index (χ4v) is 7.19. The first-order chi connectivity index (χ1) is 15.6. The van der Waals surface area contributed by atoms with E-state index in [1.54, 1.807) is 0 Å². The number of hydrogen-bond donors (Lipinski definition) is 1. The van der Waals surface area contributed by atoms with Crippen molar-refractivity contribution in [3.8, 4) is 0 Å². The molecule has 5 aliphatic rings. The van der Waals surface area contributed by atoms with E-state index in [-0.39, 0.29) is 16.1 Å². The van der Waals surface area contributed by atoms with Crippen LogP contribution in [0, 0.1) is 27.9 Å². The Kier molecular flexibility index (Phi) is 4.69. The van der Waals surface area contributed by atoms with Gasteiger partial charge in [0.2, 0.25) is 11.6 Å². The Labute approximate surface area is 188 Å². The van der Waals surface area contributed by atoms with Crippen molar-refractivity contribution in [1.29, 1.82) is 0 Å². The Bertz CT molecular complexity index is 970. The van der Waals surface area contributed by atoms with Crippen LogP contribution in [-0.2, 0) is 0 Å². The first kappa shape index (κ1) is 19.8. The summed E-state index contributed by atoms with van der Waals surface area (Å²) in [5.74, 6) is 3.15. The smallest absolute Gasteiger partial charge is 0.353 e. The minimum Gasteiger partial charge on any atom is -0.368 e. The molecule has 1 aliphatic heterocycles. The van der Waals surface area contributed by atoms with E-state index in [1.807, 2.05) is 23.1 Å². The highest BCUT2D eigenvalue weighted by atomic mass is 16.6. The first-order valence-electron chi connectivity index (χ1n) is 11.9. The maximum absolute atomic E-state index is 12.2. The van der Waals surface area contributed by atoms with Crippen LogP contribution in [0.15, 0.2) is 36.7 Å². The Balaban J connectivity index is 1.24. The summed E-state index contributed by atoms with van der Waals surface area (Å²) < 4.78 is 0. The molecule has 8 heteroatoms. The summed E-state index contributed by atoms with van der Waals surface area (Å²) in [5, 5.41) is 15.8. The van der Waals surface area contributed by atoms with E-state index in [9.17, 15) is 10.1 Å². The molecule has 0 spiro atoms. The SMILES string of the molecule is O=[N+]([O-])c1c(NC23CC4CC(CC(C4)C2)C3)ncnc1N1CCN(c2ccccc2)CC1. The number of piperazine rings is 1. The number of nitro groups is 1. The summed E-state index contributed by atoms with van der Waals surface area (Å²) in [6.07, 6.45) is 8.85. The zero-order valence-electron chi connectivity index (χ0n) is 18.3. The molecule has 4 saturated carbocycles. The molecule has 2 heterocycles. The van der Waals surface area contributed by atoms with Crippen molar-refractivity contribution >= 4 is 23.0 Å². The molecule has 5 fully saturated rings. The summed E-state index contributed by atoms with van der Waals surface area (Å²) in [4.78, 5) is 25.1. The van der Waals surface area contributed by atoms with Crippen molar-refractivity contribution in [3.63, 3.8) is 0 Å². The lowest BCUT2D eigenvalue weighted by atomic mass is 9.53. The van der Waals surface area contributed by atoms with Crippen molar-refractivity contribution in [3.05, 3.63) is 46.8 Å². The number of hydrogen-bond acceptors (Lipinski definition) is 7. The highest BCUT2D eigenvalue weighted by Gasteiger charge is 2.51. The summed E-state index contributed by atoms with van der Waals surface area (Å²) in [7, 11) is 0. The van der Waals surface area contributed by atoms with Gasteiger partial charge in [0.1, 0.15) is 6.33 Å². The molecule has 8 nitrogen and oxygen atoms in total. The zero-order chi connectivity index (χ0) is 21.7. The Morgan fingerprint density at radius 3 is 2.09 bits per heavy atom. The number of rotatable bonds is 5. The van der Waals surface area contributed by atoms with Crippen LogP contribution in [0.25, 0.3) is 0 Å². The largest absolute Gasteiger partial charge is 0.368 e. The first-order valence-corrected chi connectivity index (χ1v) is 11.9. The molecule has 32 heavy (non-hydrogen) atoms. The van der Waals surface area contributed by atoms with Crippen molar-refractivity contribution in [2.75, 3.05) is 41.3 Å². The molecule has 2 aromatic rings. The third-order valence-electron chi connectivity index (χ3n) is 8.11. The molecule has 4 bridgehead atoms. The van der Waals surface area contributed by atoms with Gasteiger partial charge in [-0.2, -0.15) is 0 Å². The molecule has 0 radical (unpaired) electrons. The molecule has 4 aliphatic carbocycles. The topological polar surface area (TPSA) is 87.4 Å². The van der Waals surface area contributed by atoms with Gasteiger partial charge in [-0.15, -0.1) is 0 Å². The second-order valence-corrected chi connectivity index (χ2v) is 10.3. The van der Waals surface area contributed by atoms with Crippen molar-refractivity contribution in [2.24, 2.45) is 17.8 Å². The van der Waals surface area contributed by atoms with Crippen LogP contribution < -0.4 is 15.1 Å². The van der Waals surface area contributed by atoms with Gasteiger partial charge in [0.05, 0.1) is 4.92 Å². The molecule has 1 saturated heterocycles. The minimum atomic E-state index is -0.290. The van der Waals surface area contributed by atoms with Crippen molar-refractivity contribution in [2.45, 2.75) is 44.1 Å². The summed E-state index contributed by atoms with van der Waals surface area (Å²) in [6.45, 7) is 3.01. The summed E-state index contributed by atoms with van der Waals surface area (Å²) in [5.41, 5.74) is 1.20. The van der Waals surface area contributed by atoms with Gasteiger partial charge < -0.3 is 15.1 Å². The van der Waals surface area contributed by atoms with E-state index in [0.29, 0.717) is 24.7 Å². The van der Waals surface area contributed by atoms with Crippen LogP contribution in [0.3, 0.4) is 0 Å².